The molecule has 1 rings (SSSR count). The fourth-order valence-electron chi connectivity index (χ4n) is 0.991. The minimum absolute atomic E-state index is 0.0140. The lowest BCUT2D eigenvalue weighted by molar-refractivity contribution is -0.384. The zero-order chi connectivity index (χ0) is 11.3. The van der Waals surface area contributed by atoms with Gasteiger partial charge in [-0.15, -0.1) is 0 Å². The Morgan fingerprint density at radius 1 is 1.53 bits per heavy atom. The predicted octanol–water partition coefficient (Wildman–Crippen LogP) is 0.911. The Labute approximate surface area is 86.7 Å². The molecular weight excluding hydrogens is 196 g/mol. The van der Waals surface area contributed by atoms with Gasteiger partial charge < -0.3 is 10.8 Å². The number of rotatable bonds is 2. The first kappa shape index (κ1) is 11.0. The molecule has 3 N–H and O–H groups in total. The van der Waals surface area contributed by atoms with Crippen molar-refractivity contribution in [2.75, 3.05) is 12.3 Å². The number of nitro groups is 1. The van der Waals surface area contributed by atoms with Crippen LogP contribution in [0.15, 0.2) is 18.2 Å². The van der Waals surface area contributed by atoms with E-state index in [1.165, 1.54) is 18.2 Å². The van der Waals surface area contributed by atoms with Crippen molar-refractivity contribution < 1.29 is 10.0 Å². The maximum atomic E-state index is 10.4. The SMILES string of the molecule is Nc1cc([N+](=O)[O-])ccc1C#CCCO. The predicted molar refractivity (Wildman–Crippen MR) is 56.1 cm³/mol. The summed E-state index contributed by atoms with van der Waals surface area (Å²) in [5.74, 6) is 5.41. The lowest BCUT2D eigenvalue weighted by atomic mass is 10.1. The minimum Gasteiger partial charge on any atom is -0.398 e. The number of anilines is 1. The van der Waals surface area contributed by atoms with Gasteiger partial charge in [0.05, 0.1) is 17.2 Å². The number of nitrogens with two attached hydrogens (primary N) is 1. The maximum Gasteiger partial charge on any atom is 0.271 e. The van der Waals surface area contributed by atoms with E-state index < -0.39 is 4.92 Å². The van der Waals surface area contributed by atoms with Crippen LogP contribution in [-0.4, -0.2) is 16.6 Å². The molecule has 0 heterocycles. The molecule has 78 valence electrons. The lowest BCUT2D eigenvalue weighted by Gasteiger charge is -1.97. The molecule has 15 heavy (non-hydrogen) atoms. The molecule has 0 radical (unpaired) electrons. The fraction of sp³-hybridized carbons (Fsp3) is 0.200. The molecule has 0 bridgehead atoms. The molecule has 0 aliphatic rings. The molecule has 0 aromatic heterocycles. The van der Waals surface area contributed by atoms with Crippen molar-refractivity contribution in [1.29, 1.82) is 0 Å². The number of nitrogen functional groups attached to an aromatic ring is 1. The Morgan fingerprint density at radius 2 is 2.27 bits per heavy atom. The zero-order valence-corrected chi connectivity index (χ0v) is 7.93. The molecule has 0 unspecified atom stereocenters. The highest BCUT2D eigenvalue weighted by Crippen LogP contribution is 2.18. The largest absolute Gasteiger partial charge is 0.398 e. The number of aliphatic hydroxyl groups is 1. The van der Waals surface area contributed by atoms with Crippen molar-refractivity contribution in [2.45, 2.75) is 6.42 Å². The van der Waals surface area contributed by atoms with Gasteiger partial charge in [0.2, 0.25) is 0 Å². The normalized spacial score (nSPS) is 9.13. The number of aliphatic hydroxyl groups excluding tert-OH is 1. The first-order valence-electron chi connectivity index (χ1n) is 4.29. The van der Waals surface area contributed by atoms with E-state index >= 15 is 0 Å². The highest BCUT2D eigenvalue weighted by Gasteiger charge is 2.06. The van der Waals surface area contributed by atoms with Crippen molar-refractivity contribution >= 4 is 11.4 Å². The average molecular weight is 206 g/mol. The van der Waals surface area contributed by atoms with E-state index in [1.54, 1.807) is 0 Å². The molecule has 0 saturated heterocycles. The first-order valence-corrected chi connectivity index (χ1v) is 4.29. The van der Waals surface area contributed by atoms with Crippen LogP contribution in [-0.2, 0) is 0 Å². The Bertz CT molecular complexity index is 432. The van der Waals surface area contributed by atoms with E-state index in [0.29, 0.717) is 12.0 Å². The summed E-state index contributed by atoms with van der Waals surface area (Å²) in [5, 5.41) is 18.9. The summed E-state index contributed by atoms with van der Waals surface area (Å²) in [4.78, 5) is 9.89. The minimum atomic E-state index is -0.513. The quantitative estimate of drug-likeness (QED) is 0.326. The van der Waals surface area contributed by atoms with Crippen LogP contribution in [0.5, 0.6) is 0 Å². The van der Waals surface area contributed by atoms with Gasteiger partial charge >= 0.3 is 0 Å². The van der Waals surface area contributed by atoms with E-state index in [0.717, 1.165) is 0 Å². The summed E-state index contributed by atoms with van der Waals surface area (Å²) in [6, 6.07) is 4.11. The molecule has 0 aliphatic carbocycles. The second-order valence-electron chi connectivity index (χ2n) is 2.80. The molecule has 0 fully saturated rings. The van der Waals surface area contributed by atoms with Crippen molar-refractivity contribution in [3.05, 3.63) is 33.9 Å². The van der Waals surface area contributed by atoms with E-state index in [1.807, 2.05) is 0 Å². The van der Waals surface area contributed by atoms with Crippen LogP contribution in [0.4, 0.5) is 11.4 Å². The number of hydrogen-bond acceptors (Lipinski definition) is 4. The summed E-state index contributed by atoms with van der Waals surface area (Å²) in [5.41, 5.74) is 6.33. The average Bonchev–Trinajstić information content (AvgIpc) is 2.20. The Balaban J connectivity index is 2.95. The van der Waals surface area contributed by atoms with Gasteiger partial charge in [0.1, 0.15) is 0 Å². The summed E-state index contributed by atoms with van der Waals surface area (Å²) in [6.45, 7) is -0.0140. The Morgan fingerprint density at radius 3 is 2.80 bits per heavy atom. The van der Waals surface area contributed by atoms with E-state index in [9.17, 15) is 10.1 Å². The second kappa shape index (κ2) is 4.98. The van der Waals surface area contributed by atoms with E-state index in [-0.39, 0.29) is 18.0 Å². The third-order valence-corrected chi connectivity index (χ3v) is 1.71. The van der Waals surface area contributed by atoms with Crippen LogP contribution in [0.25, 0.3) is 0 Å². The number of nitro benzene ring substituents is 1. The van der Waals surface area contributed by atoms with Gasteiger partial charge in [0.25, 0.3) is 5.69 Å². The van der Waals surface area contributed by atoms with Crippen LogP contribution in [0.2, 0.25) is 0 Å². The summed E-state index contributed by atoms with van der Waals surface area (Å²) < 4.78 is 0. The van der Waals surface area contributed by atoms with Gasteiger partial charge in [-0.25, -0.2) is 0 Å². The third kappa shape index (κ3) is 2.97. The number of benzene rings is 1. The molecular formula is C10H10N2O3. The smallest absolute Gasteiger partial charge is 0.271 e. The highest BCUT2D eigenvalue weighted by molar-refractivity contribution is 5.60. The van der Waals surface area contributed by atoms with Crippen molar-refractivity contribution in [3.63, 3.8) is 0 Å². The first-order chi connectivity index (χ1) is 7.15. The monoisotopic (exact) mass is 206 g/mol. The van der Waals surface area contributed by atoms with Gasteiger partial charge in [-0.1, -0.05) is 11.8 Å². The van der Waals surface area contributed by atoms with Crippen LogP contribution in [0, 0.1) is 22.0 Å². The topological polar surface area (TPSA) is 89.4 Å². The van der Waals surface area contributed by atoms with Gasteiger partial charge in [0, 0.05) is 24.1 Å². The molecule has 0 aliphatic heterocycles. The standard InChI is InChI=1S/C10H10N2O3/c11-10-7-9(12(14)15)5-4-8(10)3-1-2-6-13/h4-5,7,13H,2,6,11H2. The number of hydrogen-bond donors (Lipinski definition) is 2. The summed E-state index contributed by atoms with van der Waals surface area (Å²) >= 11 is 0. The van der Waals surface area contributed by atoms with Crippen LogP contribution < -0.4 is 5.73 Å². The van der Waals surface area contributed by atoms with Crippen molar-refractivity contribution in [1.82, 2.24) is 0 Å². The maximum absolute atomic E-state index is 10.4. The third-order valence-electron chi connectivity index (χ3n) is 1.71. The van der Waals surface area contributed by atoms with Crippen LogP contribution >= 0.6 is 0 Å². The Kier molecular flexibility index (Phi) is 3.66. The van der Waals surface area contributed by atoms with Crippen molar-refractivity contribution in [2.24, 2.45) is 0 Å². The van der Waals surface area contributed by atoms with E-state index in [4.69, 9.17) is 10.8 Å². The molecule has 0 atom stereocenters. The number of nitrogens with zero attached hydrogens (tertiary/aromatic N) is 1. The molecule has 0 spiro atoms. The van der Waals surface area contributed by atoms with Gasteiger partial charge in [-0.3, -0.25) is 10.1 Å². The van der Waals surface area contributed by atoms with Crippen molar-refractivity contribution in [3.8, 4) is 11.8 Å². The molecule has 5 nitrogen and oxygen atoms in total. The highest BCUT2D eigenvalue weighted by atomic mass is 16.6. The fourth-order valence-corrected chi connectivity index (χ4v) is 0.991. The van der Waals surface area contributed by atoms with Gasteiger partial charge in [0.15, 0.2) is 0 Å². The lowest BCUT2D eigenvalue weighted by Crippen LogP contribution is -1.94. The van der Waals surface area contributed by atoms with Crippen LogP contribution in [0.3, 0.4) is 0 Å². The van der Waals surface area contributed by atoms with Gasteiger partial charge in [-0.05, 0) is 6.07 Å². The van der Waals surface area contributed by atoms with Crippen LogP contribution in [0.1, 0.15) is 12.0 Å². The summed E-state index contributed by atoms with van der Waals surface area (Å²) in [6.07, 6.45) is 0.358. The molecule has 0 amide bonds. The molecule has 1 aromatic carbocycles. The molecule has 1 aromatic rings. The summed E-state index contributed by atoms with van der Waals surface area (Å²) in [7, 11) is 0. The van der Waals surface area contributed by atoms with E-state index in [2.05, 4.69) is 11.8 Å². The second-order valence-corrected chi connectivity index (χ2v) is 2.80. The molecule has 5 heteroatoms. The zero-order valence-electron chi connectivity index (χ0n) is 7.93. The molecule has 0 saturated carbocycles. The Hall–Kier alpha value is -2.06. The van der Waals surface area contributed by atoms with Gasteiger partial charge in [-0.2, -0.15) is 0 Å². The number of non-ortho nitro benzene ring substituents is 1.